The maximum Gasteiger partial charge on any atom is 0.256 e. The monoisotopic (exact) mass is 497 g/mol. The second-order valence-corrected chi connectivity index (χ2v) is 9.86. The molecule has 0 radical (unpaired) electrons. The van der Waals surface area contributed by atoms with E-state index in [1.165, 1.54) is 11.8 Å². The molecule has 158 valence electrons. The van der Waals surface area contributed by atoms with Gasteiger partial charge in [-0.1, -0.05) is 41.5 Å². The summed E-state index contributed by atoms with van der Waals surface area (Å²) in [5.74, 6) is 0.634. The van der Waals surface area contributed by atoms with Crippen LogP contribution in [0, 0.1) is 0 Å². The van der Waals surface area contributed by atoms with Crippen molar-refractivity contribution in [2.24, 2.45) is 0 Å². The van der Waals surface area contributed by atoms with Gasteiger partial charge in [-0.15, -0.1) is 0 Å². The molecule has 1 heterocycles. The van der Waals surface area contributed by atoms with E-state index in [-0.39, 0.29) is 12.0 Å². The summed E-state index contributed by atoms with van der Waals surface area (Å²) in [6, 6.07) is 4.21. The number of rotatable bonds is 5. The third-order valence-electron chi connectivity index (χ3n) is 5.99. The summed E-state index contributed by atoms with van der Waals surface area (Å²) >= 11 is 10.4. The lowest BCUT2D eigenvalue weighted by molar-refractivity contribution is -0.116. The van der Waals surface area contributed by atoms with Gasteiger partial charge in [0.25, 0.3) is 5.91 Å². The Balaban J connectivity index is 2.20. The van der Waals surface area contributed by atoms with Crippen LogP contribution in [0.15, 0.2) is 22.4 Å². The number of thiocarbonyl (C=S) groups is 1. The highest BCUT2D eigenvalue weighted by Crippen LogP contribution is 2.45. The Labute approximate surface area is 191 Å². The number of aryl methyl sites for hydroxylation is 2. The topological polar surface area (TPSA) is 47.6 Å². The Morgan fingerprint density at radius 2 is 1.86 bits per heavy atom. The van der Waals surface area contributed by atoms with Gasteiger partial charge in [0.2, 0.25) is 4.38 Å². The molecule has 1 aromatic carbocycles. The normalized spacial score (nSPS) is 24.2. The first-order valence-electron chi connectivity index (χ1n) is 10.1. The van der Waals surface area contributed by atoms with Gasteiger partial charge >= 0.3 is 0 Å². The van der Waals surface area contributed by atoms with E-state index in [9.17, 15) is 4.79 Å². The van der Waals surface area contributed by atoms with Gasteiger partial charge in [0, 0.05) is 11.6 Å². The van der Waals surface area contributed by atoms with Gasteiger partial charge in [-0.3, -0.25) is 4.79 Å². The van der Waals surface area contributed by atoms with Crippen molar-refractivity contribution in [1.82, 2.24) is 5.32 Å². The first kappa shape index (κ1) is 22.8. The summed E-state index contributed by atoms with van der Waals surface area (Å²) in [6.07, 6.45) is 7.11. The number of hydrogen-bond acceptors (Lipinski definition) is 5. The molecule has 1 spiro atoms. The summed E-state index contributed by atoms with van der Waals surface area (Å²) in [5.41, 5.74) is 3.42. The minimum atomic E-state index is -0.510. The zero-order valence-electron chi connectivity index (χ0n) is 17.4. The predicted molar refractivity (Wildman–Crippen MR) is 127 cm³/mol. The first-order valence-corrected chi connectivity index (χ1v) is 12.5. The van der Waals surface area contributed by atoms with Gasteiger partial charge in [-0.2, -0.15) is 0 Å². The maximum atomic E-state index is 13.4. The average molecular weight is 499 g/mol. The maximum absolute atomic E-state index is 13.4. The second kappa shape index (κ2) is 9.50. The lowest BCUT2D eigenvalue weighted by Gasteiger charge is -2.38. The van der Waals surface area contributed by atoms with E-state index < -0.39 is 5.54 Å². The van der Waals surface area contributed by atoms with Crippen LogP contribution in [0.5, 0.6) is 0 Å². The number of carbonyl (C=O) groups is 1. The molecule has 1 aliphatic heterocycles. The Kier molecular flexibility index (Phi) is 7.46. The molecule has 1 saturated carbocycles. The molecule has 0 unspecified atom stereocenters. The van der Waals surface area contributed by atoms with E-state index in [4.69, 9.17) is 21.7 Å². The summed E-state index contributed by atoms with van der Waals surface area (Å²) in [5, 5.41) is 3.29. The molecule has 0 aromatic heterocycles. The van der Waals surface area contributed by atoms with Crippen molar-refractivity contribution in [3.8, 4) is 0 Å². The molecule has 1 aliphatic carbocycles. The summed E-state index contributed by atoms with van der Waals surface area (Å²) in [4.78, 5) is 13.4. The van der Waals surface area contributed by atoms with Crippen molar-refractivity contribution < 1.29 is 14.3 Å². The fourth-order valence-corrected chi connectivity index (χ4v) is 5.26. The zero-order valence-corrected chi connectivity index (χ0v) is 20.6. The van der Waals surface area contributed by atoms with Crippen LogP contribution in [-0.2, 0) is 27.1 Å². The fourth-order valence-electron chi connectivity index (χ4n) is 4.46. The number of halogens is 1. The molecule has 1 fully saturated rings. The van der Waals surface area contributed by atoms with Crippen molar-refractivity contribution in [3.63, 3.8) is 0 Å². The van der Waals surface area contributed by atoms with Crippen LogP contribution in [0.25, 0.3) is 5.57 Å². The molecule has 1 N–H and O–H groups in total. The van der Waals surface area contributed by atoms with Gasteiger partial charge < -0.3 is 14.8 Å². The molecule has 29 heavy (non-hydrogen) atoms. The van der Waals surface area contributed by atoms with Gasteiger partial charge in [0.1, 0.15) is 5.76 Å². The molecular formula is C22H28BrNO3S2. The average Bonchev–Trinajstić information content (AvgIpc) is 2.98. The Hall–Kier alpha value is -0.890. The minimum absolute atomic E-state index is 0.0634. The fraction of sp³-hybridized carbons (Fsp3) is 0.545. The lowest BCUT2D eigenvalue weighted by Crippen LogP contribution is -2.49. The molecular weight excluding hydrogens is 470 g/mol. The van der Waals surface area contributed by atoms with E-state index in [0.717, 1.165) is 59.7 Å². The van der Waals surface area contributed by atoms with Gasteiger partial charge in [0.05, 0.1) is 17.2 Å². The third kappa shape index (κ3) is 4.43. The number of benzene rings is 1. The highest BCUT2D eigenvalue weighted by Gasteiger charge is 2.50. The van der Waals surface area contributed by atoms with Crippen molar-refractivity contribution in [2.45, 2.75) is 64.0 Å². The molecule has 0 bridgehead atoms. The zero-order chi connectivity index (χ0) is 21.2. The smallest absolute Gasteiger partial charge is 0.256 e. The largest absolute Gasteiger partial charge is 0.441 e. The molecule has 0 saturated heterocycles. The quantitative estimate of drug-likeness (QED) is 0.551. The number of thioether (sulfide) groups is 1. The first-order chi connectivity index (χ1) is 13.9. The van der Waals surface area contributed by atoms with Crippen molar-refractivity contribution in [3.05, 3.63) is 39.1 Å². The molecule has 3 rings (SSSR count). The summed E-state index contributed by atoms with van der Waals surface area (Å²) in [7, 11) is 1.75. The number of amides is 1. The second-order valence-electron chi connectivity index (χ2n) is 7.54. The minimum Gasteiger partial charge on any atom is -0.441 e. The van der Waals surface area contributed by atoms with Crippen LogP contribution in [0.1, 0.15) is 56.2 Å². The van der Waals surface area contributed by atoms with E-state index >= 15 is 0 Å². The number of carbonyl (C=O) groups excluding carboxylic acids is 1. The highest BCUT2D eigenvalue weighted by atomic mass is 79.9. The number of methoxy groups -OCH3 is 1. The molecule has 4 nitrogen and oxygen atoms in total. The predicted octanol–water partition coefficient (Wildman–Crippen LogP) is 5.41. The van der Waals surface area contributed by atoms with Crippen molar-refractivity contribution in [1.29, 1.82) is 0 Å². The van der Waals surface area contributed by atoms with Gasteiger partial charge in [-0.05, 0) is 85.8 Å². The van der Waals surface area contributed by atoms with Crippen molar-refractivity contribution >= 4 is 55.8 Å². The summed E-state index contributed by atoms with van der Waals surface area (Å²) < 4.78 is 13.3. The standard InChI is InChI=1S/C22H28BrNO3S2/c1-5-13-11-15(23)12-14(6-2)17(13)18-19(27-21(28)29-4)22(24-20(18)25)9-7-16(26-3)8-10-22/h11-12,16H,5-10H2,1-4H3,(H,24,25)/t16-,22+. The van der Waals surface area contributed by atoms with Crippen LogP contribution < -0.4 is 5.32 Å². The van der Waals surface area contributed by atoms with Crippen LogP contribution >= 0.6 is 39.9 Å². The van der Waals surface area contributed by atoms with E-state index in [0.29, 0.717) is 15.7 Å². The Morgan fingerprint density at radius 1 is 1.28 bits per heavy atom. The van der Waals surface area contributed by atoms with Crippen LogP contribution in [-0.4, -0.2) is 35.3 Å². The van der Waals surface area contributed by atoms with Crippen LogP contribution in [0.4, 0.5) is 0 Å². The van der Waals surface area contributed by atoms with E-state index in [1.54, 1.807) is 7.11 Å². The Bertz CT molecular complexity index is 819. The lowest BCUT2D eigenvalue weighted by atomic mass is 9.78. The summed E-state index contributed by atoms with van der Waals surface area (Å²) in [6.45, 7) is 4.23. The van der Waals surface area contributed by atoms with Crippen LogP contribution in [0.2, 0.25) is 0 Å². The van der Waals surface area contributed by atoms with E-state index in [2.05, 4.69) is 47.2 Å². The van der Waals surface area contributed by atoms with Crippen LogP contribution in [0.3, 0.4) is 0 Å². The molecule has 0 atom stereocenters. The van der Waals surface area contributed by atoms with Gasteiger partial charge in [0.15, 0.2) is 0 Å². The van der Waals surface area contributed by atoms with Crippen molar-refractivity contribution in [2.75, 3.05) is 13.4 Å². The number of hydrogen-bond donors (Lipinski definition) is 1. The Morgan fingerprint density at radius 3 is 2.34 bits per heavy atom. The van der Waals surface area contributed by atoms with E-state index in [1.807, 2.05) is 6.26 Å². The molecule has 1 aromatic rings. The third-order valence-corrected chi connectivity index (χ3v) is 7.45. The molecule has 7 heteroatoms. The van der Waals surface area contributed by atoms with Gasteiger partial charge in [-0.25, -0.2) is 0 Å². The number of nitrogens with one attached hydrogen (secondary N) is 1. The molecule has 1 amide bonds. The highest BCUT2D eigenvalue weighted by molar-refractivity contribution is 9.10. The number of ether oxygens (including phenoxy) is 2. The molecule has 2 aliphatic rings. The SMILES string of the molecule is CCc1cc(Br)cc(CC)c1C1=C(OC(=S)SC)[C@]2(CC[C@H](OC)CC2)NC1=O.